The molecule has 0 saturated heterocycles. The van der Waals surface area contributed by atoms with E-state index in [2.05, 4.69) is 6.58 Å². The van der Waals surface area contributed by atoms with Gasteiger partial charge in [0.2, 0.25) is 0 Å². The fraction of sp³-hybridized carbons (Fsp3) is 0.267. The van der Waals surface area contributed by atoms with Gasteiger partial charge in [-0.25, -0.2) is 4.79 Å². The molecular formula is C15H18O5. The van der Waals surface area contributed by atoms with Crippen LogP contribution in [0.1, 0.15) is 0 Å². The van der Waals surface area contributed by atoms with Crippen LogP contribution < -0.4 is 4.74 Å². The average Bonchev–Trinajstić information content (AvgIpc) is 2.49. The molecule has 0 aliphatic rings. The Bertz CT molecular complexity index is 453. The maximum absolute atomic E-state index is 11.7. The molecule has 1 unspecified atom stereocenters. The van der Waals surface area contributed by atoms with E-state index in [-0.39, 0.29) is 18.8 Å². The highest BCUT2D eigenvalue weighted by Gasteiger charge is 2.18. The van der Waals surface area contributed by atoms with E-state index in [4.69, 9.17) is 14.6 Å². The number of rotatable bonds is 8. The Morgan fingerprint density at radius 2 is 2.00 bits per heavy atom. The standard InChI is InChI=1S/C15H18O5/c1-2-6-13(14(17)11-16)15(18)20-10-9-19-12-7-4-3-5-8-12/h2-8,14,16-17H,1,9-11H2/b13-6-. The molecule has 1 aromatic carbocycles. The largest absolute Gasteiger partial charge is 0.490 e. The Labute approximate surface area is 117 Å². The first kappa shape index (κ1) is 15.9. The van der Waals surface area contributed by atoms with Gasteiger partial charge < -0.3 is 19.7 Å². The maximum atomic E-state index is 11.7. The zero-order valence-electron chi connectivity index (χ0n) is 11.1. The SMILES string of the molecule is C=C/C=C(\C(=O)OCCOc1ccccc1)C(O)CO. The van der Waals surface area contributed by atoms with E-state index in [0.717, 1.165) is 0 Å². The third-order valence-corrected chi connectivity index (χ3v) is 2.39. The second-order valence-corrected chi connectivity index (χ2v) is 3.85. The fourth-order valence-corrected chi connectivity index (χ4v) is 1.43. The number of para-hydroxylation sites is 1. The van der Waals surface area contributed by atoms with E-state index < -0.39 is 18.7 Å². The van der Waals surface area contributed by atoms with Gasteiger partial charge in [0.25, 0.3) is 0 Å². The van der Waals surface area contributed by atoms with Crippen molar-refractivity contribution in [3.63, 3.8) is 0 Å². The smallest absolute Gasteiger partial charge is 0.336 e. The van der Waals surface area contributed by atoms with Crippen LogP contribution in [0.2, 0.25) is 0 Å². The molecule has 1 aromatic rings. The highest BCUT2D eigenvalue weighted by molar-refractivity contribution is 5.89. The third-order valence-electron chi connectivity index (χ3n) is 2.39. The van der Waals surface area contributed by atoms with Gasteiger partial charge in [0.05, 0.1) is 12.2 Å². The van der Waals surface area contributed by atoms with Crippen LogP contribution in [0.15, 0.2) is 54.6 Å². The number of hydrogen-bond acceptors (Lipinski definition) is 5. The van der Waals surface area contributed by atoms with Crippen molar-refractivity contribution in [2.75, 3.05) is 19.8 Å². The van der Waals surface area contributed by atoms with Crippen LogP contribution in [-0.4, -0.2) is 42.1 Å². The van der Waals surface area contributed by atoms with Crippen LogP contribution in [0.3, 0.4) is 0 Å². The summed E-state index contributed by atoms with van der Waals surface area (Å²) in [6.45, 7) is 3.12. The summed E-state index contributed by atoms with van der Waals surface area (Å²) in [5, 5.41) is 18.3. The minimum Gasteiger partial charge on any atom is -0.490 e. The monoisotopic (exact) mass is 278 g/mol. The summed E-state index contributed by atoms with van der Waals surface area (Å²) in [6, 6.07) is 9.13. The number of hydrogen-bond donors (Lipinski definition) is 2. The second kappa shape index (κ2) is 8.90. The fourth-order valence-electron chi connectivity index (χ4n) is 1.43. The Kier molecular flexibility index (Phi) is 7.10. The van der Waals surface area contributed by atoms with Crippen molar-refractivity contribution in [3.05, 3.63) is 54.6 Å². The molecule has 0 radical (unpaired) electrons. The van der Waals surface area contributed by atoms with Crippen molar-refractivity contribution in [2.45, 2.75) is 6.10 Å². The summed E-state index contributed by atoms with van der Waals surface area (Å²) in [4.78, 5) is 11.7. The molecule has 20 heavy (non-hydrogen) atoms. The van der Waals surface area contributed by atoms with Crippen LogP contribution in [-0.2, 0) is 9.53 Å². The van der Waals surface area contributed by atoms with Gasteiger partial charge in [-0.1, -0.05) is 30.9 Å². The number of carbonyl (C=O) groups excluding carboxylic acids is 1. The lowest BCUT2D eigenvalue weighted by Crippen LogP contribution is -2.24. The molecule has 0 bridgehead atoms. The van der Waals surface area contributed by atoms with Gasteiger partial charge in [-0.3, -0.25) is 0 Å². The molecule has 0 aromatic heterocycles. The number of aliphatic hydroxyl groups is 2. The number of aliphatic hydroxyl groups excluding tert-OH is 2. The van der Waals surface area contributed by atoms with E-state index >= 15 is 0 Å². The molecule has 0 aliphatic heterocycles. The van der Waals surface area contributed by atoms with E-state index in [1.807, 2.05) is 18.2 Å². The second-order valence-electron chi connectivity index (χ2n) is 3.85. The molecule has 0 heterocycles. The summed E-state index contributed by atoms with van der Waals surface area (Å²) in [6.07, 6.45) is 1.37. The van der Waals surface area contributed by atoms with Crippen molar-refractivity contribution in [1.29, 1.82) is 0 Å². The molecule has 0 fully saturated rings. The quantitative estimate of drug-likeness (QED) is 0.322. The first-order chi connectivity index (χ1) is 9.69. The average molecular weight is 278 g/mol. The molecule has 0 aliphatic carbocycles. The highest BCUT2D eigenvalue weighted by atomic mass is 16.6. The Morgan fingerprint density at radius 1 is 1.30 bits per heavy atom. The number of esters is 1. The molecular weight excluding hydrogens is 260 g/mol. The van der Waals surface area contributed by atoms with Crippen LogP contribution in [0.4, 0.5) is 0 Å². The lowest BCUT2D eigenvalue weighted by molar-refractivity contribution is -0.141. The predicted molar refractivity (Wildman–Crippen MR) is 74.3 cm³/mol. The Morgan fingerprint density at radius 3 is 2.60 bits per heavy atom. The molecule has 5 nitrogen and oxygen atoms in total. The van der Waals surface area contributed by atoms with Crippen molar-refractivity contribution in [3.8, 4) is 5.75 Å². The Hall–Kier alpha value is -2.11. The number of ether oxygens (including phenoxy) is 2. The topological polar surface area (TPSA) is 76.0 Å². The van der Waals surface area contributed by atoms with Crippen molar-refractivity contribution in [1.82, 2.24) is 0 Å². The zero-order valence-corrected chi connectivity index (χ0v) is 11.1. The van der Waals surface area contributed by atoms with Crippen molar-refractivity contribution >= 4 is 5.97 Å². The molecule has 0 amide bonds. The zero-order chi connectivity index (χ0) is 14.8. The van der Waals surface area contributed by atoms with Gasteiger partial charge in [0, 0.05) is 0 Å². The molecule has 0 saturated carbocycles. The third kappa shape index (κ3) is 5.26. The van der Waals surface area contributed by atoms with Gasteiger partial charge in [0.15, 0.2) is 0 Å². The van der Waals surface area contributed by atoms with E-state index in [1.54, 1.807) is 12.1 Å². The first-order valence-electron chi connectivity index (χ1n) is 6.15. The lowest BCUT2D eigenvalue weighted by Gasteiger charge is -2.12. The normalized spacial score (nSPS) is 12.6. The summed E-state index contributed by atoms with van der Waals surface area (Å²) in [5.74, 6) is -0.0242. The number of carbonyl (C=O) groups is 1. The number of allylic oxidation sites excluding steroid dienone is 2. The Balaban J connectivity index is 2.38. The van der Waals surface area contributed by atoms with Gasteiger partial charge in [-0.15, -0.1) is 0 Å². The summed E-state index contributed by atoms with van der Waals surface area (Å²) in [7, 11) is 0. The minimum absolute atomic E-state index is 0.0396. The van der Waals surface area contributed by atoms with Gasteiger partial charge >= 0.3 is 5.97 Å². The highest BCUT2D eigenvalue weighted by Crippen LogP contribution is 2.08. The minimum atomic E-state index is -1.28. The van der Waals surface area contributed by atoms with Crippen molar-refractivity contribution in [2.24, 2.45) is 0 Å². The van der Waals surface area contributed by atoms with Gasteiger partial charge in [-0.2, -0.15) is 0 Å². The van der Waals surface area contributed by atoms with Crippen LogP contribution in [0.5, 0.6) is 5.75 Å². The predicted octanol–water partition coefficient (Wildman–Crippen LogP) is 1.07. The maximum Gasteiger partial charge on any atom is 0.336 e. The van der Waals surface area contributed by atoms with Crippen molar-refractivity contribution < 1.29 is 24.5 Å². The van der Waals surface area contributed by atoms with E-state index in [9.17, 15) is 9.90 Å². The molecule has 5 heteroatoms. The van der Waals surface area contributed by atoms with Gasteiger partial charge in [0.1, 0.15) is 25.1 Å². The van der Waals surface area contributed by atoms with E-state index in [0.29, 0.717) is 5.75 Å². The summed E-state index contributed by atoms with van der Waals surface area (Å²) >= 11 is 0. The van der Waals surface area contributed by atoms with Crippen LogP contribution >= 0.6 is 0 Å². The van der Waals surface area contributed by atoms with E-state index in [1.165, 1.54) is 12.2 Å². The lowest BCUT2D eigenvalue weighted by atomic mass is 10.1. The molecule has 1 atom stereocenters. The molecule has 108 valence electrons. The van der Waals surface area contributed by atoms with Crippen LogP contribution in [0.25, 0.3) is 0 Å². The number of benzene rings is 1. The first-order valence-corrected chi connectivity index (χ1v) is 6.15. The van der Waals surface area contributed by atoms with Gasteiger partial charge in [-0.05, 0) is 18.2 Å². The summed E-state index contributed by atoms with van der Waals surface area (Å²) < 4.78 is 10.3. The molecule has 2 N–H and O–H groups in total. The van der Waals surface area contributed by atoms with Crippen LogP contribution in [0, 0.1) is 0 Å². The molecule has 0 spiro atoms. The summed E-state index contributed by atoms with van der Waals surface area (Å²) in [5.41, 5.74) is -0.0396. The molecule has 1 rings (SSSR count).